The van der Waals surface area contributed by atoms with Crippen molar-refractivity contribution >= 4 is 35.9 Å². The van der Waals surface area contributed by atoms with E-state index in [9.17, 15) is 28.4 Å². The first-order valence-electron chi connectivity index (χ1n) is 18.1. The summed E-state index contributed by atoms with van der Waals surface area (Å²) in [5.41, 5.74) is 1.28. The predicted molar refractivity (Wildman–Crippen MR) is 198 cm³/mol. The van der Waals surface area contributed by atoms with Crippen LogP contribution in [0.25, 0.3) is 17.2 Å². The van der Waals surface area contributed by atoms with E-state index in [1.54, 1.807) is 30.3 Å². The fourth-order valence-electron chi connectivity index (χ4n) is 6.11. The van der Waals surface area contributed by atoms with Crippen LogP contribution in [0, 0.1) is 5.82 Å². The van der Waals surface area contributed by atoms with Gasteiger partial charge in [0.1, 0.15) is 35.3 Å². The van der Waals surface area contributed by atoms with Crippen LogP contribution in [0.1, 0.15) is 82.6 Å². The van der Waals surface area contributed by atoms with Crippen molar-refractivity contribution in [2.45, 2.75) is 89.3 Å². The molecular weight excluding hydrogens is 695 g/mol. The number of benzene rings is 3. The molecule has 0 atom stereocenters. The highest BCUT2D eigenvalue weighted by molar-refractivity contribution is 5.95. The molecular formula is C43H43FO10. The van der Waals surface area contributed by atoms with Gasteiger partial charge in [0.25, 0.3) is 0 Å². The summed E-state index contributed by atoms with van der Waals surface area (Å²) < 4.78 is 41.8. The molecule has 0 amide bonds. The van der Waals surface area contributed by atoms with Crippen LogP contribution in [0.15, 0.2) is 97.1 Å². The summed E-state index contributed by atoms with van der Waals surface area (Å²) >= 11 is 0. The monoisotopic (exact) mass is 738 g/mol. The van der Waals surface area contributed by atoms with Crippen LogP contribution in [-0.4, -0.2) is 42.1 Å². The number of esters is 5. The lowest BCUT2D eigenvalue weighted by atomic mass is 9.98. The number of hydrogen-bond acceptors (Lipinski definition) is 10. The minimum Gasteiger partial charge on any atom is -0.462 e. The van der Waals surface area contributed by atoms with Crippen LogP contribution in [0.5, 0.6) is 17.2 Å². The summed E-state index contributed by atoms with van der Waals surface area (Å²) in [6.07, 6.45) is 11.2. The molecule has 0 unspecified atom stereocenters. The molecule has 11 heteroatoms. The lowest BCUT2D eigenvalue weighted by Gasteiger charge is -2.21. The van der Waals surface area contributed by atoms with Crippen LogP contribution in [0.2, 0.25) is 0 Å². The molecule has 3 aromatic carbocycles. The molecule has 0 N–H and O–H groups in total. The molecule has 2 aliphatic carbocycles. The Morgan fingerprint density at radius 2 is 1.02 bits per heavy atom. The SMILES string of the molecule is C=C(CC(=O)OC1CCCCC1)C(=O)Oc1ccc(OC(=O)/C=C/c2ccc(-c3ccc(OC(=O)C(=C)CC(=O)OC4CCCCC4)cc3)cc2F)cc1. The van der Waals surface area contributed by atoms with E-state index < -0.39 is 35.7 Å². The van der Waals surface area contributed by atoms with Crippen molar-refractivity contribution in [1.29, 1.82) is 0 Å². The normalized spacial score (nSPS) is 14.8. The zero-order valence-corrected chi connectivity index (χ0v) is 30.0. The van der Waals surface area contributed by atoms with Crippen molar-refractivity contribution in [2.75, 3.05) is 0 Å². The highest BCUT2D eigenvalue weighted by Crippen LogP contribution is 2.27. The summed E-state index contributed by atoms with van der Waals surface area (Å²) in [5.74, 6) is -3.34. The second-order valence-electron chi connectivity index (χ2n) is 13.3. The van der Waals surface area contributed by atoms with E-state index in [0.717, 1.165) is 70.3 Å². The molecule has 0 radical (unpaired) electrons. The van der Waals surface area contributed by atoms with Gasteiger partial charge in [0.2, 0.25) is 0 Å². The van der Waals surface area contributed by atoms with Crippen molar-refractivity contribution < 1.29 is 52.0 Å². The Morgan fingerprint density at radius 3 is 1.48 bits per heavy atom. The van der Waals surface area contributed by atoms with Crippen LogP contribution < -0.4 is 14.2 Å². The third-order valence-corrected chi connectivity index (χ3v) is 9.04. The molecule has 0 spiro atoms. The Bertz CT molecular complexity index is 1880. The number of rotatable bonds is 14. The van der Waals surface area contributed by atoms with Crippen LogP contribution in [-0.2, 0) is 33.4 Å². The summed E-state index contributed by atoms with van der Waals surface area (Å²) in [4.78, 5) is 61.7. The molecule has 54 heavy (non-hydrogen) atoms. The first-order valence-corrected chi connectivity index (χ1v) is 18.1. The van der Waals surface area contributed by atoms with Gasteiger partial charge in [0.15, 0.2) is 0 Å². The first-order chi connectivity index (χ1) is 26.0. The van der Waals surface area contributed by atoms with Crippen LogP contribution in [0.3, 0.4) is 0 Å². The molecule has 282 valence electrons. The molecule has 0 aromatic heterocycles. The second-order valence-corrected chi connectivity index (χ2v) is 13.3. The molecule has 2 saturated carbocycles. The Hall–Kier alpha value is -5.84. The van der Waals surface area contributed by atoms with Gasteiger partial charge >= 0.3 is 29.8 Å². The maximum absolute atomic E-state index is 15.0. The molecule has 5 rings (SSSR count). The second kappa shape index (κ2) is 19.3. The third kappa shape index (κ3) is 12.1. The van der Waals surface area contributed by atoms with E-state index in [0.29, 0.717) is 11.1 Å². The number of halogens is 1. The zero-order valence-electron chi connectivity index (χ0n) is 30.0. The smallest absolute Gasteiger partial charge is 0.339 e. The number of ether oxygens (including phenoxy) is 5. The fourth-order valence-corrected chi connectivity index (χ4v) is 6.11. The molecule has 0 bridgehead atoms. The van der Waals surface area contributed by atoms with Gasteiger partial charge in [-0.2, -0.15) is 0 Å². The fraction of sp³-hybridized carbons (Fsp3) is 0.326. The van der Waals surface area contributed by atoms with Gasteiger partial charge in [0, 0.05) is 22.8 Å². The molecule has 0 saturated heterocycles. The van der Waals surface area contributed by atoms with E-state index in [2.05, 4.69) is 13.2 Å². The predicted octanol–water partition coefficient (Wildman–Crippen LogP) is 8.57. The standard InChI is InChI=1S/C43H43FO10/c1-28(25-40(46)51-33-9-5-3-6-10-33)42(48)53-36-18-15-30(16-19-36)32-14-13-31(38(44)27-32)17-24-39(45)50-35-20-22-37(23-21-35)54-43(49)29(2)26-41(47)52-34-11-7-4-8-12-34/h13-24,27,33-34H,1-12,25-26H2/b24-17+. The van der Waals surface area contributed by atoms with Crippen molar-refractivity contribution in [3.8, 4) is 28.4 Å². The average molecular weight is 739 g/mol. The number of carbonyl (C=O) groups excluding carboxylic acids is 5. The Kier molecular flexibility index (Phi) is 14.1. The van der Waals surface area contributed by atoms with Gasteiger partial charge in [-0.15, -0.1) is 0 Å². The summed E-state index contributed by atoms with van der Waals surface area (Å²) in [6.45, 7) is 7.31. The van der Waals surface area contributed by atoms with E-state index in [-0.39, 0.29) is 59.0 Å². The summed E-state index contributed by atoms with van der Waals surface area (Å²) in [6, 6.07) is 16.6. The summed E-state index contributed by atoms with van der Waals surface area (Å²) in [5, 5.41) is 0. The lowest BCUT2D eigenvalue weighted by molar-refractivity contribution is -0.151. The topological polar surface area (TPSA) is 132 Å². The van der Waals surface area contributed by atoms with E-state index >= 15 is 0 Å². The largest absolute Gasteiger partial charge is 0.462 e. The highest BCUT2D eigenvalue weighted by atomic mass is 19.1. The molecule has 0 aliphatic heterocycles. The van der Waals surface area contributed by atoms with Crippen LogP contribution in [0.4, 0.5) is 4.39 Å². The number of carbonyl (C=O) groups is 5. The van der Waals surface area contributed by atoms with Crippen molar-refractivity contribution in [2.24, 2.45) is 0 Å². The maximum Gasteiger partial charge on any atom is 0.339 e. The lowest BCUT2D eigenvalue weighted by Crippen LogP contribution is -2.22. The van der Waals surface area contributed by atoms with E-state index in [4.69, 9.17) is 23.7 Å². The molecule has 2 fully saturated rings. The number of hydrogen-bond donors (Lipinski definition) is 0. The minimum absolute atomic E-state index is 0.0145. The Labute approximate surface area is 313 Å². The van der Waals surface area contributed by atoms with Gasteiger partial charge in [-0.1, -0.05) is 50.3 Å². The minimum atomic E-state index is -0.776. The molecule has 0 heterocycles. The zero-order chi connectivity index (χ0) is 38.5. The summed E-state index contributed by atoms with van der Waals surface area (Å²) in [7, 11) is 0. The van der Waals surface area contributed by atoms with E-state index in [1.807, 2.05) is 0 Å². The quantitative estimate of drug-likeness (QED) is 0.0900. The molecule has 3 aromatic rings. The highest BCUT2D eigenvalue weighted by Gasteiger charge is 2.22. The van der Waals surface area contributed by atoms with Crippen molar-refractivity contribution in [3.05, 3.63) is 108 Å². The maximum atomic E-state index is 15.0. The molecule has 2 aliphatic rings. The van der Waals surface area contributed by atoms with Crippen molar-refractivity contribution in [3.63, 3.8) is 0 Å². The van der Waals surface area contributed by atoms with Gasteiger partial charge in [0.05, 0.1) is 12.8 Å². The molecule has 10 nitrogen and oxygen atoms in total. The van der Waals surface area contributed by atoms with E-state index in [1.165, 1.54) is 42.5 Å². The van der Waals surface area contributed by atoms with Gasteiger partial charge < -0.3 is 23.7 Å². The third-order valence-electron chi connectivity index (χ3n) is 9.04. The Morgan fingerprint density at radius 1 is 0.593 bits per heavy atom. The van der Waals surface area contributed by atoms with Gasteiger partial charge in [-0.25, -0.2) is 18.8 Å². The Balaban J connectivity index is 1.05. The van der Waals surface area contributed by atoms with Crippen LogP contribution >= 0.6 is 0 Å². The average Bonchev–Trinajstić information content (AvgIpc) is 3.16. The van der Waals surface area contributed by atoms with Gasteiger partial charge in [-0.3, -0.25) is 9.59 Å². The first kappa shape index (κ1) is 39.4. The van der Waals surface area contributed by atoms with Crippen molar-refractivity contribution in [1.82, 2.24) is 0 Å². The van der Waals surface area contributed by atoms with Gasteiger partial charge in [-0.05, 0) is 111 Å².